The smallest absolute Gasteiger partial charge is 0.00105 e. The fourth-order valence-electron chi connectivity index (χ4n) is 2.09. The lowest BCUT2D eigenvalue weighted by Gasteiger charge is -2.09. The Bertz CT molecular complexity index is 363. The Morgan fingerprint density at radius 3 is 2.87 bits per heavy atom. The van der Waals surface area contributed by atoms with Crippen molar-refractivity contribution < 1.29 is 0 Å². The molecule has 0 unspecified atom stereocenters. The molecule has 1 N–H and O–H groups in total. The summed E-state index contributed by atoms with van der Waals surface area (Å²) in [6.07, 6.45) is 4.63. The number of hydrogen-bond acceptors (Lipinski definition) is 1. The van der Waals surface area contributed by atoms with E-state index in [4.69, 9.17) is 0 Å². The molecule has 1 aliphatic rings. The van der Waals surface area contributed by atoms with E-state index in [1.165, 1.54) is 16.7 Å². The summed E-state index contributed by atoms with van der Waals surface area (Å²) in [6, 6.07) is 9.32. The van der Waals surface area contributed by atoms with Crippen LogP contribution in [-0.4, -0.2) is 12.6 Å². The number of rotatable bonds is 4. The summed E-state index contributed by atoms with van der Waals surface area (Å²) in [4.78, 5) is 0. The minimum atomic E-state index is 0.585. The highest BCUT2D eigenvalue weighted by molar-refractivity contribution is 5.72. The van der Waals surface area contributed by atoms with Gasteiger partial charge in [0.2, 0.25) is 0 Å². The maximum Gasteiger partial charge on any atom is 0.00105 e. The molecule has 1 nitrogen and oxygen atoms in total. The van der Waals surface area contributed by atoms with Gasteiger partial charge >= 0.3 is 0 Å². The van der Waals surface area contributed by atoms with Crippen LogP contribution in [0, 0.1) is 0 Å². The topological polar surface area (TPSA) is 12.0 Å². The molecule has 1 aromatic carbocycles. The normalized spacial score (nSPS) is 14.2. The molecular weight excluding hydrogens is 182 g/mol. The number of hydrogen-bond donors (Lipinski definition) is 1. The van der Waals surface area contributed by atoms with Crippen LogP contribution in [0.4, 0.5) is 0 Å². The van der Waals surface area contributed by atoms with Gasteiger partial charge in [0, 0.05) is 6.04 Å². The van der Waals surface area contributed by atoms with Crippen LogP contribution in [0.1, 0.15) is 31.4 Å². The third-order valence-electron chi connectivity index (χ3n) is 2.88. The van der Waals surface area contributed by atoms with Crippen LogP contribution in [-0.2, 0) is 6.42 Å². The fraction of sp³-hybridized carbons (Fsp3) is 0.429. The van der Waals surface area contributed by atoms with Crippen LogP contribution in [0.3, 0.4) is 0 Å². The van der Waals surface area contributed by atoms with E-state index in [9.17, 15) is 0 Å². The van der Waals surface area contributed by atoms with E-state index in [0.29, 0.717) is 6.04 Å². The summed E-state index contributed by atoms with van der Waals surface area (Å²) in [7, 11) is 0. The van der Waals surface area contributed by atoms with Gasteiger partial charge < -0.3 is 5.32 Å². The summed E-state index contributed by atoms with van der Waals surface area (Å²) in [5, 5.41) is 3.46. The lowest BCUT2D eigenvalue weighted by Crippen LogP contribution is -2.23. The molecule has 0 heterocycles. The predicted molar refractivity (Wildman–Crippen MR) is 65.9 cm³/mol. The van der Waals surface area contributed by atoms with E-state index < -0.39 is 0 Å². The largest absolute Gasteiger partial charge is 0.314 e. The second kappa shape index (κ2) is 4.63. The molecule has 0 aromatic heterocycles. The Morgan fingerprint density at radius 2 is 2.07 bits per heavy atom. The zero-order valence-corrected chi connectivity index (χ0v) is 9.59. The maximum atomic E-state index is 3.46. The van der Waals surface area contributed by atoms with Crippen molar-refractivity contribution >= 4 is 5.57 Å². The highest BCUT2D eigenvalue weighted by Crippen LogP contribution is 2.28. The van der Waals surface area contributed by atoms with Crippen molar-refractivity contribution in [1.82, 2.24) is 5.32 Å². The Balaban J connectivity index is 1.95. The van der Waals surface area contributed by atoms with Crippen molar-refractivity contribution in [3.8, 4) is 0 Å². The number of allylic oxidation sites excluding steroid dienone is 1. The lowest BCUT2D eigenvalue weighted by atomic mass is 10.0. The monoisotopic (exact) mass is 201 g/mol. The van der Waals surface area contributed by atoms with Gasteiger partial charge in [0.1, 0.15) is 0 Å². The first-order chi connectivity index (χ1) is 7.27. The second-order valence-corrected chi connectivity index (χ2v) is 4.45. The fourth-order valence-corrected chi connectivity index (χ4v) is 2.09. The summed E-state index contributed by atoms with van der Waals surface area (Å²) in [5.41, 5.74) is 4.46. The second-order valence-electron chi connectivity index (χ2n) is 4.45. The van der Waals surface area contributed by atoms with Gasteiger partial charge in [-0.15, -0.1) is 0 Å². The predicted octanol–water partition coefficient (Wildman–Crippen LogP) is 3.01. The van der Waals surface area contributed by atoms with Crippen LogP contribution in [0.15, 0.2) is 30.3 Å². The van der Waals surface area contributed by atoms with E-state index >= 15 is 0 Å². The maximum absolute atomic E-state index is 3.46. The first kappa shape index (κ1) is 10.4. The number of benzene rings is 1. The molecule has 1 aliphatic carbocycles. The van der Waals surface area contributed by atoms with Crippen molar-refractivity contribution in [2.24, 2.45) is 0 Å². The van der Waals surface area contributed by atoms with Crippen LogP contribution in [0.5, 0.6) is 0 Å². The van der Waals surface area contributed by atoms with Crippen LogP contribution < -0.4 is 5.32 Å². The first-order valence-corrected chi connectivity index (χ1v) is 5.78. The molecule has 1 aromatic rings. The molecule has 80 valence electrons. The molecule has 0 saturated carbocycles. The van der Waals surface area contributed by atoms with E-state index in [1.54, 1.807) is 0 Å². The van der Waals surface area contributed by atoms with E-state index in [-0.39, 0.29) is 0 Å². The van der Waals surface area contributed by atoms with Gasteiger partial charge in [-0.1, -0.05) is 44.2 Å². The van der Waals surface area contributed by atoms with Crippen molar-refractivity contribution in [2.75, 3.05) is 6.54 Å². The Labute approximate surface area is 92.2 Å². The Hall–Kier alpha value is -1.08. The van der Waals surface area contributed by atoms with Gasteiger partial charge in [-0.25, -0.2) is 0 Å². The summed E-state index contributed by atoms with van der Waals surface area (Å²) >= 11 is 0. The van der Waals surface area contributed by atoms with Crippen LogP contribution >= 0.6 is 0 Å². The molecular formula is C14H19N. The van der Waals surface area contributed by atoms with Crippen molar-refractivity contribution in [3.63, 3.8) is 0 Å². The summed E-state index contributed by atoms with van der Waals surface area (Å²) in [5.74, 6) is 0. The average Bonchev–Trinajstić information content (AvgIpc) is 2.62. The SMILES string of the molecule is CC(C)NCCC1=CCc2ccccc21. The van der Waals surface area contributed by atoms with Gasteiger partial charge in [-0.2, -0.15) is 0 Å². The molecule has 0 spiro atoms. The van der Waals surface area contributed by atoms with Gasteiger partial charge in [-0.05, 0) is 36.1 Å². The highest BCUT2D eigenvalue weighted by Gasteiger charge is 2.12. The molecule has 0 amide bonds. The zero-order valence-electron chi connectivity index (χ0n) is 9.59. The number of nitrogens with one attached hydrogen (secondary N) is 1. The van der Waals surface area contributed by atoms with Crippen molar-refractivity contribution in [2.45, 2.75) is 32.7 Å². The highest BCUT2D eigenvalue weighted by atomic mass is 14.9. The number of fused-ring (bicyclic) bond motifs is 1. The summed E-state index contributed by atoms with van der Waals surface area (Å²) in [6.45, 7) is 5.46. The zero-order chi connectivity index (χ0) is 10.7. The quantitative estimate of drug-likeness (QED) is 0.789. The van der Waals surface area contributed by atoms with E-state index in [0.717, 1.165) is 19.4 Å². The Kier molecular flexibility index (Phi) is 3.22. The molecule has 0 bridgehead atoms. The molecule has 0 saturated heterocycles. The third-order valence-corrected chi connectivity index (χ3v) is 2.88. The van der Waals surface area contributed by atoms with Crippen molar-refractivity contribution in [1.29, 1.82) is 0 Å². The average molecular weight is 201 g/mol. The van der Waals surface area contributed by atoms with E-state index in [2.05, 4.69) is 49.5 Å². The molecule has 2 rings (SSSR count). The van der Waals surface area contributed by atoms with E-state index in [1.807, 2.05) is 0 Å². The lowest BCUT2D eigenvalue weighted by molar-refractivity contribution is 0.597. The van der Waals surface area contributed by atoms with Gasteiger partial charge in [0.15, 0.2) is 0 Å². The van der Waals surface area contributed by atoms with Gasteiger partial charge in [0.05, 0.1) is 0 Å². The van der Waals surface area contributed by atoms with Gasteiger partial charge in [0.25, 0.3) is 0 Å². The van der Waals surface area contributed by atoms with Crippen LogP contribution in [0.2, 0.25) is 0 Å². The Morgan fingerprint density at radius 1 is 1.27 bits per heavy atom. The molecule has 0 aliphatic heterocycles. The molecule has 0 atom stereocenters. The molecule has 15 heavy (non-hydrogen) atoms. The minimum absolute atomic E-state index is 0.585. The minimum Gasteiger partial charge on any atom is -0.314 e. The van der Waals surface area contributed by atoms with Crippen molar-refractivity contribution in [3.05, 3.63) is 41.5 Å². The first-order valence-electron chi connectivity index (χ1n) is 5.78. The van der Waals surface area contributed by atoms with Gasteiger partial charge in [-0.3, -0.25) is 0 Å². The third kappa shape index (κ3) is 2.48. The molecule has 0 radical (unpaired) electrons. The molecule has 0 fully saturated rings. The van der Waals surface area contributed by atoms with Crippen LogP contribution in [0.25, 0.3) is 5.57 Å². The summed E-state index contributed by atoms with van der Waals surface area (Å²) < 4.78 is 0. The molecule has 1 heteroatoms. The standard InChI is InChI=1S/C14H19N/c1-11(2)15-10-9-13-8-7-12-5-3-4-6-14(12)13/h3-6,8,11,15H,7,9-10H2,1-2H3.